The molecule has 5 nitrogen and oxygen atoms in total. The summed E-state index contributed by atoms with van der Waals surface area (Å²) in [5.41, 5.74) is 4.40. The molecule has 0 spiro atoms. The first-order chi connectivity index (χ1) is 16.9. The van der Waals surface area contributed by atoms with Gasteiger partial charge in [-0.1, -0.05) is 88.4 Å². The highest BCUT2D eigenvalue weighted by molar-refractivity contribution is 5.97. The number of aliphatic carboxylic acids is 1. The molecule has 1 aliphatic carbocycles. The van der Waals surface area contributed by atoms with Crippen LogP contribution in [0.4, 0.5) is 5.69 Å². The Balaban J connectivity index is 1.54. The van der Waals surface area contributed by atoms with E-state index in [4.69, 9.17) is 0 Å². The van der Waals surface area contributed by atoms with Crippen molar-refractivity contribution in [1.29, 1.82) is 0 Å². The Morgan fingerprint density at radius 2 is 1.77 bits per heavy atom. The summed E-state index contributed by atoms with van der Waals surface area (Å²) >= 11 is 0. The molecule has 0 saturated heterocycles. The van der Waals surface area contributed by atoms with E-state index in [1.165, 1.54) is 43.2 Å². The second kappa shape index (κ2) is 11.9. The molecular formula is C30H40N2O3. The van der Waals surface area contributed by atoms with E-state index in [0.29, 0.717) is 31.1 Å². The predicted molar refractivity (Wildman–Crippen MR) is 141 cm³/mol. The van der Waals surface area contributed by atoms with Crippen LogP contribution in [0.25, 0.3) is 0 Å². The van der Waals surface area contributed by atoms with Gasteiger partial charge in [-0.2, -0.15) is 0 Å². The molecule has 188 valence electrons. The van der Waals surface area contributed by atoms with E-state index in [9.17, 15) is 14.7 Å². The van der Waals surface area contributed by atoms with Gasteiger partial charge in [0.2, 0.25) is 5.91 Å². The third-order valence-electron chi connectivity index (χ3n) is 7.92. The Morgan fingerprint density at radius 3 is 2.46 bits per heavy atom. The van der Waals surface area contributed by atoms with Crippen molar-refractivity contribution >= 4 is 17.6 Å². The zero-order chi connectivity index (χ0) is 24.8. The summed E-state index contributed by atoms with van der Waals surface area (Å²) in [7, 11) is 0. The molecule has 5 heteroatoms. The summed E-state index contributed by atoms with van der Waals surface area (Å²) in [5, 5.41) is 16.4. The number of benzene rings is 2. The molecular weight excluding hydrogens is 436 g/mol. The maximum Gasteiger partial charge on any atom is 0.320 e. The van der Waals surface area contributed by atoms with Crippen LogP contribution in [-0.4, -0.2) is 29.1 Å². The van der Waals surface area contributed by atoms with Gasteiger partial charge in [-0.05, 0) is 66.2 Å². The minimum Gasteiger partial charge on any atom is -0.480 e. The first-order valence-corrected chi connectivity index (χ1v) is 13.4. The quantitative estimate of drug-likeness (QED) is 0.419. The Bertz CT molecular complexity index is 995. The van der Waals surface area contributed by atoms with Gasteiger partial charge >= 0.3 is 5.97 Å². The standard InChI is InChI=1S/C30H40N2O3/c1-20(2)23-15-12-22(13-16-23)18-25-19-24-10-6-7-11-26(24)32-29(33)28(25)31-27(30(34)35)17-14-21-8-4-3-5-9-21/h6-7,10-13,15-16,20-21,25,27-28,31H,3-5,8-9,14,17-19H2,1-2H3,(H,32,33)(H,34,35)/t25?,27-,28?/m0/s1. The largest absolute Gasteiger partial charge is 0.480 e. The molecule has 2 aliphatic rings. The second-order valence-electron chi connectivity index (χ2n) is 10.8. The Kier molecular flexibility index (Phi) is 8.61. The molecule has 1 heterocycles. The Labute approximate surface area is 209 Å². The molecule has 0 aromatic heterocycles. The van der Waals surface area contributed by atoms with E-state index >= 15 is 0 Å². The van der Waals surface area contributed by atoms with E-state index in [-0.39, 0.29) is 11.8 Å². The number of para-hydroxylation sites is 1. The van der Waals surface area contributed by atoms with Crippen molar-refractivity contribution in [2.24, 2.45) is 11.8 Å². The van der Waals surface area contributed by atoms with Crippen molar-refractivity contribution < 1.29 is 14.7 Å². The second-order valence-corrected chi connectivity index (χ2v) is 10.8. The Morgan fingerprint density at radius 1 is 1.06 bits per heavy atom. The summed E-state index contributed by atoms with van der Waals surface area (Å²) < 4.78 is 0. The molecule has 3 N–H and O–H groups in total. The normalized spacial score (nSPS) is 21.7. The minimum atomic E-state index is -0.865. The minimum absolute atomic E-state index is 0.0416. The van der Waals surface area contributed by atoms with Gasteiger partial charge in [0, 0.05) is 5.69 Å². The SMILES string of the molecule is CC(C)c1ccc(CC2Cc3ccccc3NC(=O)C2N[C@@H](CCC2CCCCC2)C(=O)O)cc1. The van der Waals surface area contributed by atoms with E-state index in [1.807, 2.05) is 18.2 Å². The lowest BCUT2D eigenvalue weighted by atomic mass is 9.84. The molecule has 3 atom stereocenters. The number of rotatable bonds is 9. The molecule has 4 rings (SSSR count). The fourth-order valence-corrected chi connectivity index (χ4v) is 5.76. The Hall–Kier alpha value is -2.66. The zero-order valence-corrected chi connectivity index (χ0v) is 21.1. The van der Waals surface area contributed by atoms with Crippen LogP contribution in [0.5, 0.6) is 0 Å². The molecule has 2 aromatic rings. The topological polar surface area (TPSA) is 78.4 Å². The summed E-state index contributed by atoms with van der Waals surface area (Å²) in [6.45, 7) is 4.36. The molecule has 1 aliphatic heterocycles. The van der Waals surface area contributed by atoms with Crippen LogP contribution >= 0.6 is 0 Å². The van der Waals surface area contributed by atoms with Crippen molar-refractivity contribution in [3.63, 3.8) is 0 Å². The average molecular weight is 477 g/mol. The van der Waals surface area contributed by atoms with E-state index in [0.717, 1.165) is 17.7 Å². The summed E-state index contributed by atoms with van der Waals surface area (Å²) in [6, 6.07) is 15.3. The molecule has 0 bridgehead atoms. The van der Waals surface area contributed by atoms with Crippen LogP contribution in [0.3, 0.4) is 0 Å². The number of hydrogen-bond donors (Lipinski definition) is 3. The highest BCUT2D eigenvalue weighted by atomic mass is 16.4. The third-order valence-corrected chi connectivity index (χ3v) is 7.92. The molecule has 35 heavy (non-hydrogen) atoms. The number of fused-ring (bicyclic) bond motifs is 1. The van der Waals surface area contributed by atoms with Gasteiger partial charge in [0.25, 0.3) is 0 Å². The molecule has 1 amide bonds. The number of carbonyl (C=O) groups excluding carboxylic acids is 1. The van der Waals surface area contributed by atoms with Gasteiger partial charge in [0.05, 0.1) is 6.04 Å². The van der Waals surface area contributed by atoms with Gasteiger partial charge in [-0.15, -0.1) is 0 Å². The molecule has 1 fully saturated rings. The average Bonchev–Trinajstić information content (AvgIpc) is 2.98. The van der Waals surface area contributed by atoms with Gasteiger partial charge in [-0.25, -0.2) is 0 Å². The van der Waals surface area contributed by atoms with Gasteiger partial charge < -0.3 is 10.4 Å². The molecule has 1 saturated carbocycles. The van der Waals surface area contributed by atoms with Gasteiger partial charge in [0.1, 0.15) is 6.04 Å². The smallest absolute Gasteiger partial charge is 0.320 e. The lowest BCUT2D eigenvalue weighted by Gasteiger charge is -2.29. The van der Waals surface area contributed by atoms with Crippen molar-refractivity contribution in [1.82, 2.24) is 5.32 Å². The predicted octanol–water partition coefficient (Wildman–Crippen LogP) is 5.94. The van der Waals surface area contributed by atoms with Crippen LogP contribution in [0.2, 0.25) is 0 Å². The number of nitrogens with one attached hydrogen (secondary N) is 2. The molecule has 2 unspecified atom stereocenters. The van der Waals surface area contributed by atoms with Crippen molar-refractivity contribution in [3.05, 3.63) is 65.2 Å². The fourth-order valence-electron chi connectivity index (χ4n) is 5.76. The van der Waals surface area contributed by atoms with E-state index < -0.39 is 18.1 Å². The first-order valence-electron chi connectivity index (χ1n) is 13.4. The number of carboxylic acid groups (broad SMARTS) is 1. The number of carboxylic acids is 1. The molecule has 2 aromatic carbocycles. The third kappa shape index (κ3) is 6.72. The lowest BCUT2D eigenvalue weighted by Crippen LogP contribution is -2.52. The van der Waals surface area contributed by atoms with Crippen LogP contribution in [0.1, 0.15) is 81.4 Å². The fraction of sp³-hybridized carbons (Fsp3) is 0.533. The van der Waals surface area contributed by atoms with Crippen molar-refractivity contribution in [2.45, 2.75) is 89.6 Å². The maximum absolute atomic E-state index is 13.4. The number of hydrogen-bond acceptors (Lipinski definition) is 3. The van der Waals surface area contributed by atoms with Crippen LogP contribution in [0.15, 0.2) is 48.5 Å². The van der Waals surface area contributed by atoms with Crippen LogP contribution in [-0.2, 0) is 22.4 Å². The number of anilines is 1. The van der Waals surface area contributed by atoms with E-state index in [1.54, 1.807) is 0 Å². The summed E-state index contributed by atoms with van der Waals surface area (Å²) in [6.07, 6.45) is 9.07. The summed E-state index contributed by atoms with van der Waals surface area (Å²) in [4.78, 5) is 25.6. The highest BCUT2D eigenvalue weighted by Crippen LogP contribution is 2.30. The van der Waals surface area contributed by atoms with Crippen LogP contribution in [0, 0.1) is 11.8 Å². The first kappa shape index (κ1) is 25.4. The highest BCUT2D eigenvalue weighted by Gasteiger charge is 2.35. The molecule has 0 radical (unpaired) electrons. The number of carbonyl (C=O) groups is 2. The lowest BCUT2D eigenvalue weighted by molar-refractivity contribution is -0.140. The van der Waals surface area contributed by atoms with Crippen LogP contribution < -0.4 is 10.6 Å². The van der Waals surface area contributed by atoms with Crippen molar-refractivity contribution in [2.75, 3.05) is 5.32 Å². The van der Waals surface area contributed by atoms with Gasteiger partial charge in [0.15, 0.2) is 0 Å². The van der Waals surface area contributed by atoms with Crippen molar-refractivity contribution in [3.8, 4) is 0 Å². The van der Waals surface area contributed by atoms with E-state index in [2.05, 4.69) is 54.8 Å². The number of amides is 1. The monoisotopic (exact) mass is 476 g/mol. The van der Waals surface area contributed by atoms with Gasteiger partial charge in [-0.3, -0.25) is 14.9 Å². The summed E-state index contributed by atoms with van der Waals surface area (Å²) in [5.74, 6) is 0.0301. The maximum atomic E-state index is 13.4. The zero-order valence-electron chi connectivity index (χ0n) is 21.1.